The molecule has 1 spiro atoms. The van der Waals surface area contributed by atoms with Crippen LogP contribution in [-0.4, -0.2) is 23.7 Å². The first kappa shape index (κ1) is 15.9. The van der Waals surface area contributed by atoms with E-state index in [0.29, 0.717) is 11.3 Å². The minimum Gasteiger partial charge on any atom is -0.509 e. The van der Waals surface area contributed by atoms with Gasteiger partial charge in [-0.15, -0.1) is 0 Å². The summed E-state index contributed by atoms with van der Waals surface area (Å²) in [4.78, 5) is 12.7. The Morgan fingerprint density at radius 1 is 1.26 bits per heavy atom. The third-order valence-electron chi connectivity index (χ3n) is 5.16. The number of methoxy groups -OCH3 is 1. The number of nitrogens with one attached hydrogen (secondary N) is 1. The van der Waals surface area contributed by atoms with Crippen LogP contribution in [-0.2, 0) is 11.2 Å². The molecule has 0 unspecified atom stereocenters. The largest absolute Gasteiger partial charge is 0.509 e. The fraction of sp³-hybridized carbons (Fsp3) is 0.526. The van der Waals surface area contributed by atoms with Crippen molar-refractivity contribution in [2.75, 3.05) is 7.11 Å². The van der Waals surface area contributed by atoms with Gasteiger partial charge in [-0.2, -0.15) is 0 Å². The van der Waals surface area contributed by atoms with Gasteiger partial charge in [0.25, 0.3) is 5.91 Å². The SMILES string of the molecule is CCc1cc(C)cc(OC)c1C1=C(O)C2(CCCCC2)NC1=O. The molecule has 1 saturated carbocycles. The van der Waals surface area contributed by atoms with Crippen LogP contribution in [0, 0.1) is 6.92 Å². The summed E-state index contributed by atoms with van der Waals surface area (Å²) in [5.41, 5.74) is 2.71. The molecule has 1 amide bonds. The maximum Gasteiger partial charge on any atom is 0.256 e. The number of benzene rings is 1. The summed E-state index contributed by atoms with van der Waals surface area (Å²) in [5, 5.41) is 14.0. The van der Waals surface area contributed by atoms with Gasteiger partial charge >= 0.3 is 0 Å². The first-order valence-electron chi connectivity index (χ1n) is 8.46. The van der Waals surface area contributed by atoms with Crippen molar-refractivity contribution >= 4 is 11.5 Å². The van der Waals surface area contributed by atoms with Gasteiger partial charge in [0, 0.05) is 5.56 Å². The van der Waals surface area contributed by atoms with Gasteiger partial charge in [0.2, 0.25) is 0 Å². The lowest BCUT2D eigenvalue weighted by atomic mass is 9.80. The number of ether oxygens (including phenoxy) is 1. The van der Waals surface area contributed by atoms with Crippen molar-refractivity contribution in [3.8, 4) is 5.75 Å². The zero-order chi connectivity index (χ0) is 16.6. The van der Waals surface area contributed by atoms with E-state index in [1.54, 1.807) is 7.11 Å². The number of amides is 1. The highest BCUT2D eigenvalue weighted by atomic mass is 16.5. The lowest BCUT2D eigenvalue weighted by Gasteiger charge is -2.33. The second-order valence-electron chi connectivity index (χ2n) is 6.68. The molecule has 0 bridgehead atoms. The van der Waals surface area contributed by atoms with Gasteiger partial charge in [0.15, 0.2) is 0 Å². The van der Waals surface area contributed by atoms with Gasteiger partial charge in [-0.25, -0.2) is 0 Å². The maximum atomic E-state index is 12.7. The minimum absolute atomic E-state index is 0.179. The van der Waals surface area contributed by atoms with Crippen LogP contribution >= 0.6 is 0 Å². The average Bonchev–Trinajstić information content (AvgIpc) is 2.78. The fourth-order valence-corrected chi connectivity index (χ4v) is 3.98. The predicted molar refractivity (Wildman–Crippen MR) is 90.6 cm³/mol. The molecule has 1 aliphatic heterocycles. The van der Waals surface area contributed by atoms with E-state index >= 15 is 0 Å². The Bertz CT molecular complexity index is 644. The van der Waals surface area contributed by atoms with Crippen LogP contribution in [0.2, 0.25) is 0 Å². The highest BCUT2D eigenvalue weighted by Gasteiger charge is 2.47. The van der Waals surface area contributed by atoms with Crippen molar-refractivity contribution < 1.29 is 14.6 Å². The molecular formula is C19H25NO3. The van der Waals surface area contributed by atoms with E-state index in [4.69, 9.17) is 4.74 Å². The second-order valence-corrected chi connectivity index (χ2v) is 6.68. The smallest absolute Gasteiger partial charge is 0.256 e. The summed E-state index contributed by atoms with van der Waals surface area (Å²) < 4.78 is 5.53. The molecule has 0 radical (unpaired) electrons. The van der Waals surface area contributed by atoms with E-state index < -0.39 is 5.54 Å². The van der Waals surface area contributed by atoms with Crippen molar-refractivity contribution in [3.63, 3.8) is 0 Å². The Balaban J connectivity index is 2.19. The van der Waals surface area contributed by atoms with Crippen molar-refractivity contribution in [1.82, 2.24) is 5.32 Å². The lowest BCUT2D eigenvalue weighted by Crippen LogP contribution is -2.46. The average molecular weight is 315 g/mol. The number of aliphatic hydroxyl groups is 1. The van der Waals surface area contributed by atoms with Crippen molar-refractivity contribution in [1.29, 1.82) is 0 Å². The third kappa shape index (κ3) is 2.50. The molecule has 3 rings (SSSR count). The van der Waals surface area contributed by atoms with E-state index in [1.165, 1.54) is 0 Å². The summed E-state index contributed by atoms with van der Waals surface area (Å²) >= 11 is 0. The van der Waals surface area contributed by atoms with E-state index in [2.05, 4.69) is 18.3 Å². The highest BCUT2D eigenvalue weighted by Crippen LogP contribution is 2.44. The monoisotopic (exact) mass is 315 g/mol. The lowest BCUT2D eigenvalue weighted by molar-refractivity contribution is -0.116. The van der Waals surface area contributed by atoms with Gasteiger partial charge in [0.1, 0.15) is 11.5 Å². The number of rotatable bonds is 3. The van der Waals surface area contributed by atoms with E-state index in [9.17, 15) is 9.90 Å². The molecule has 4 nitrogen and oxygen atoms in total. The summed E-state index contributed by atoms with van der Waals surface area (Å²) in [6.45, 7) is 4.07. The van der Waals surface area contributed by atoms with Crippen molar-refractivity contribution in [3.05, 3.63) is 34.6 Å². The highest BCUT2D eigenvalue weighted by molar-refractivity contribution is 6.24. The van der Waals surface area contributed by atoms with E-state index in [-0.39, 0.29) is 11.7 Å². The zero-order valence-electron chi connectivity index (χ0n) is 14.2. The topological polar surface area (TPSA) is 58.6 Å². The summed E-state index contributed by atoms with van der Waals surface area (Å²) in [6.07, 6.45) is 5.62. The number of aliphatic hydroxyl groups excluding tert-OH is 1. The molecule has 124 valence electrons. The Hall–Kier alpha value is -1.97. The van der Waals surface area contributed by atoms with Gasteiger partial charge in [-0.1, -0.05) is 32.3 Å². The predicted octanol–water partition coefficient (Wildman–Crippen LogP) is 3.67. The molecule has 1 heterocycles. The summed E-state index contributed by atoms with van der Waals surface area (Å²) in [5.74, 6) is 0.687. The Kier molecular flexibility index (Phi) is 4.09. The number of hydrogen-bond donors (Lipinski definition) is 2. The number of hydrogen-bond acceptors (Lipinski definition) is 3. The molecule has 4 heteroatoms. The Labute approximate surface area is 137 Å². The van der Waals surface area contributed by atoms with E-state index in [0.717, 1.165) is 55.2 Å². The van der Waals surface area contributed by atoms with Crippen molar-refractivity contribution in [2.45, 2.75) is 57.9 Å². The van der Waals surface area contributed by atoms with Crippen LogP contribution in [0.4, 0.5) is 0 Å². The molecule has 2 N–H and O–H groups in total. The van der Waals surface area contributed by atoms with Gasteiger partial charge in [-0.3, -0.25) is 4.79 Å². The quantitative estimate of drug-likeness (QED) is 0.895. The Morgan fingerprint density at radius 3 is 2.57 bits per heavy atom. The van der Waals surface area contributed by atoms with E-state index in [1.807, 2.05) is 13.0 Å². The Morgan fingerprint density at radius 2 is 1.96 bits per heavy atom. The normalized spacial score (nSPS) is 20.0. The summed E-state index contributed by atoms with van der Waals surface area (Å²) in [6, 6.07) is 3.99. The van der Waals surface area contributed by atoms with Crippen LogP contribution in [0.1, 0.15) is 55.7 Å². The standard InChI is InChI=1S/C19H25NO3/c1-4-13-10-12(2)11-14(23-3)15(13)16-17(21)19(20-18(16)22)8-6-5-7-9-19/h10-11,21H,4-9H2,1-3H3,(H,20,22). The summed E-state index contributed by atoms with van der Waals surface area (Å²) in [7, 11) is 1.61. The molecular weight excluding hydrogens is 290 g/mol. The molecule has 0 atom stereocenters. The first-order chi connectivity index (χ1) is 11.0. The minimum atomic E-state index is -0.564. The molecule has 0 aromatic heterocycles. The van der Waals surface area contributed by atoms with Crippen LogP contribution in [0.15, 0.2) is 17.9 Å². The molecule has 1 aromatic rings. The number of carbonyl (C=O) groups excluding carboxylic acids is 1. The van der Waals surface area contributed by atoms with Crippen LogP contribution in [0.5, 0.6) is 5.75 Å². The molecule has 1 aromatic carbocycles. The number of aryl methyl sites for hydroxylation is 2. The molecule has 0 saturated heterocycles. The fourth-order valence-electron chi connectivity index (χ4n) is 3.98. The van der Waals surface area contributed by atoms with Crippen LogP contribution in [0.25, 0.3) is 5.57 Å². The molecule has 2 aliphatic rings. The van der Waals surface area contributed by atoms with Crippen molar-refractivity contribution in [2.24, 2.45) is 0 Å². The zero-order valence-corrected chi connectivity index (χ0v) is 14.2. The number of carbonyl (C=O) groups is 1. The second kappa shape index (κ2) is 5.91. The first-order valence-corrected chi connectivity index (χ1v) is 8.46. The van der Waals surface area contributed by atoms with Crippen LogP contribution in [0.3, 0.4) is 0 Å². The molecule has 23 heavy (non-hydrogen) atoms. The molecule has 1 aliphatic carbocycles. The van der Waals surface area contributed by atoms with Gasteiger partial charge in [-0.05, 0) is 43.4 Å². The maximum absolute atomic E-state index is 12.7. The van der Waals surface area contributed by atoms with Gasteiger partial charge in [0.05, 0.1) is 18.2 Å². The third-order valence-corrected chi connectivity index (χ3v) is 5.16. The van der Waals surface area contributed by atoms with Crippen LogP contribution < -0.4 is 10.1 Å². The van der Waals surface area contributed by atoms with Gasteiger partial charge < -0.3 is 15.2 Å². The molecule has 1 fully saturated rings.